The van der Waals surface area contributed by atoms with Crippen LogP contribution < -0.4 is 0 Å². The molecule has 2 aromatic rings. The Morgan fingerprint density at radius 3 is 2.61 bits per heavy atom. The van der Waals surface area contributed by atoms with Crippen LogP contribution in [0.3, 0.4) is 0 Å². The van der Waals surface area contributed by atoms with E-state index < -0.39 is 0 Å². The molecule has 0 bridgehead atoms. The Morgan fingerprint density at radius 1 is 1.39 bits per heavy atom. The summed E-state index contributed by atoms with van der Waals surface area (Å²) in [6.07, 6.45) is 0. The zero-order chi connectivity index (χ0) is 13.3. The number of carbonyl (C=O) groups excluding carboxylic acids is 1. The van der Waals surface area contributed by atoms with Crippen molar-refractivity contribution < 1.29 is 4.79 Å². The number of hydrogen-bond acceptors (Lipinski definition) is 3. The van der Waals surface area contributed by atoms with E-state index >= 15 is 0 Å². The van der Waals surface area contributed by atoms with Gasteiger partial charge in [-0.25, -0.2) is 0 Å². The van der Waals surface area contributed by atoms with Gasteiger partial charge in [-0.1, -0.05) is 0 Å². The van der Waals surface area contributed by atoms with E-state index in [1.54, 1.807) is 16.2 Å². The molecular weight excluding hydrogens is 330 g/mol. The Kier molecular flexibility index (Phi) is 4.25. The smallest absolute Gasteiger partial charge is 0.264 e. The number of halogens is 1. The largest absolute Gasteiger partial charge is 0.336 e. The maximum Gasteiger partial charge on any atom is 0.264 e. The van der Waals surface area contributed by atoms with Crippen molar-refractivity contribution in [2.24, 2.45) is 0 Å². The summed E-state index contributed by atoms with van der Waals surface area (Å²) in [5, 5.41) is 2.06. The van der Waals surface area contributed by atoms with Crippen LogP contribution in [0.25, 0.3) is 0 Å². The highest BCUT2D eigenvalue weighted by Crippen LogP contribution is 2.28. The fourth-order valence-corrected chi connectivity index (χ4v) is 4.09. The highest BCUT2D eigenvalue weighted by molar-refractivity contribution is 9.11. The van der Waals surface area contributed by atoms with Crippen molar-refractivity contribution in [1.29, 1.82) is 0 Å². The lowest BCUT2D eigenvalue weighted by Crippen LogP contribution is -2.25. The molecule has 18 heavy (non-hydrogen) atoms. The number of carbonyl (C=O) groups is 1. The molecule has 5 heteroatoms. The standard InChI is InChI=1S/C13H14BrNOS2/c1-8-4-5-17-11(8)7-15(3)13(16)10-6-9(2)12(14)18-10/h4-6H,7H2,1-3H3. The first-order chi connectivity index (χ1) is 8.49. The molecule has 0 saturated carbocycles. The summed E-state index contributed by atoms with van der Waals surface area (Å²) in [6, 6.07) is 4.03. The van der Waals surface area contributed by atoms with Gasteiger partial charge < -0.3 is 4.90 Å². The lowest BCUT2D eigenvalue weighted by atomic mass is 10.2. The molecule has 0 aromatic carbocycles. The van der Waals surface area contributed by atoms with Crippen LogP contribution in [-0.2, 0) is 6.54 Å². The van der Waals surface area contributed by atoms with Crippen LogP contribution in [-0.4, -0.2) is 17.9 Å². The van der Waals surface area contributed by atoms with Crippen LogP contribution in [0.5, 0.6) is 0 Å². The summed E-state index contributed by atoms with van der Waals surface area (Å²) in [5.74, 6) is 0.0848. The van der Waals surface area contributed by atoms with Crippen LogP contribution in [0, 0.1) is 13.8 Å². The summed E-state index contributed by atoms with van der Waals surface area (Å²) < 4.78 is 1.03. The number of hydrogen-bond donors (Lipinski definition) is 0. The molecule has 2 rings (SSSR count). The minimum atomic E-state index is 0.0848. The fraction of sp³-hybridized carbons (Fsp3) is 0.308. The van der Waals surface area contributed by atoms with Gasteiger partial charge in [-0.15, -0.1) is 22.7 Å². The van der Waals surface area contributed by atoms with Crippen molar-refractivity contribution in [2.75, 3.05) is 7.05 Å². The molecular formula is C13H14BrNOS2. The molecule has 0 unspecified atom stereocenters. The van der Waals surface area contributed by atoms with Gasteiger partial charge in [0, 0.05) is 11.9 Å². The molecule has 0 aliphatic rings. The number of amides is 1. The Morgan fingerprint density at radius 2 is 2.11 bits per heavy atom. The molecule has 96 valence electrons. The SMILES string of the molecule is Cc1cc(C(=O)N(C)Cc2sccc2C)sc1Br. The molecule has 1 amide bonds. The topological polar surface area (TPSA) is 20.3 Å². The van der Waals surface area contributed by atoms with Gasteiger partial charge >= 0.3 is 0 Å². The molecule has 2 aromatic heterocycles. The molecule has 0 N–H and O–H groups in total. The van der Waals surface area contributed by atoms with E-state index in [1.165, 1.54) is 21.8 Å². The summed E-state index contributed by atoms with van der Waals surface area (Å²) in [6.45, 7) is 4.76. The van der Waals surface area contributed by atoms with E-state index in [0.29, 0.717) is 6.54 Å². The first-order valence-electron chi connectivity index (χ1n) is 5.53. The highest BCUT2D eigenvalue weighted by atomic mass is 79.9. The number of aryl methyl sites for hydroxylation is 2. The van der Waals surface area contributed by atoms with Crippen molar-refractivity contribution in [2.45, 2.75) is 20.4 Å². The minimum absolute atomic E-state index is 0.0848. The van der Waals surface area contributed by atoms with E-state index in [2.05, 4.69) is 34.3 Å². The van der Waals surface area contributed by atoms with Gasteiger partial charge in [0.25, 0.3) is 5.91 Å². The van der Waals surface area contributed by atoms with Gasteiger partial charge in [-0.05, 0) is 58.4 Å². The van der Waals surface area contributed by atoms with Crippen LogP contribution >= 0.6 is 38.6 Å². The molecule has 0 fully saturated rings. The fourth-order valence-electron chi connectivity index (χ4n) is 1.61. The third kappa shape index (κ3) is 2.84. The van der Waals surface area contributed by atoms with Gasteiger partial charge in [-0.2, -0.15) is 0 Å². The average molecular weight is 344 g/mol. The summed E-state index contributed by atoms with van der Waals surface area (Å²) in [7, 11) is 1.85. The van der Waals surface area contributed by atoms with Crippen molar-refractivity contribution in [3.63, 3.8) is 0 Å². The second-order valence-electron chi connectivity index (χ2n) is 4.26. The van der Waals surface area contributed by atoms with Crippen LogP contribution in [0.2, 0.25) is 0 Å². The van der Waals surface area contributed by atoms with Gasteiger partial charge in [0.1, 0.15) is 0 Å². The lowest BCUT2D eigenvalue weighted by molar-refractivity contribution is 0.0791. The van der Waals surface area contributed by atoms with E-state index in [9.17, 15) is 4.79 Å². The first kappa shape index (κ1) is 13.8. The van der Waals surface area contributed by atoms with E-state index in [0.717, 1.165) is 14.2 Å². The Hall–Kier alpha value is -0.650. The Bertz CT molecular complexity index is 554. The normalized spacial score (nSPS) is 10.7. The van der Waals surface area contributed by atoms with Crippen LogP contribution in [0.4, 0.5) is 0 Å². The third-order valence-electron chi connectivity index (χ3n) is 2.76. The maximum atomic E-state index is 12.3. The molecule has 0 radical (unpaired) electrons. The van der Waals surface area contributed by atoms with E-state index in [-0.39, 0.29) is 5.91 Å². The second-order valence-corrected chi connectivity index (χ2v) is 7.63. The van der Waals surface area contributed by atoms with Crippen molar-refractivity contribution in [3.8, 4) is 0 Å². The highest BCUT2D eigenvalue weighted by Gasteiger charge is 2.16. The van der Waals surface area contributed by atoms with Gasteiger partial charge in [-0.3, -0.25) is 4.79 Å². The van der Waals surface area contributed by atoms with Crippen molar-refractivity contribution >= 4 is 44.5 Å². The molecule has 0 saturated heterocycles. The molecule has 0 spiro atoms. The van der Waals surface area contributed by atoms with Gasteiger partial charge in [0.15, 0.2) is 0 Å². The second kappa shape index (κ2) is 5.55. The minimum Gasteiger partial charge on any atom is -0.336 e. The molecule has 2 heterocycles. The molecule has 0 atom stereocenters. The van der Waals surface area contributed by atoms with E-state index in [4.69, 9.17) is 0 Å². The summed E-state index contributed by atoms with van der Waals surface area (Å²) >= 11 is 6.65. The number of nitrogens with zero attached hydrogens (tertiary/aromatic N) is 1. The lowest BCUT2D eigenvalue weighted by Gasteiger charge is -2.15. The van der Waals surface area contributed by atoms with E-state index in [1.807, 2.05) is 20.0 Å². The number of thiophene rings is 2. The zero-order valence-electron chi connectivity index (χ0n) is 10.5. The maximum absolute atomic E-state index is 12.3. The van der Waals surface area contributed by atoms with Gasteiger partial charge in [0.05, 0.1) is 15.2 Å². The van der Waals surface area contributed by atoms with Gasteiger partial charge in [0.2, 0.25) is 0 Å². The molecule has 0 aliphatic carbocycles. The number of rotatable bonds is 3. The monoisotopic (exact) mass is 343 g/mol. The molecule has 2 nitrogen and oxygen atoms in total. The average Bonchev–Trinajstić information content (AvgIpc) is 2.86. The Balaban J connectivity index is 2.12. The predicted octanol–water partition coefficient (Wildman–Crippen LogP) is 4.46. The van der Waals surface area contributed by atoms with Crippen LogP contribution in [0.1, 0.15) is 25.7 Å². The summed E-state index contributed by atoms with van der Waals surface area (Å²) in [5.41, 5.74) is 2.37. The Labute approximate surface area is 123 Å². The van der Waals surface area contributed by atoms with Crippen LogP contribution in [0.15, 0.2) is 21.3 Å². The summed E-state index contributed by atoms with van der Waals surface area (Å²) in [4.78, 5) is 16.1. The zero-order valence-corrected chi connectivity index (χ0v) is 13.7. The van der Waals surface area contributed by atoms with Crippen molar-refractivity contribution in [3.05, 3.63) is 42.2 Å². The third-order valence-corrected chi connectivity index (χ3v) is 5.90. The molecule has 0 aliphatic heterocycles. The first-order valence-corrected chi connectivity index (χ1v) is 8.02. The quantitative estimate of drug-likeness (QED) is 0.805. The predicted molar refractivity (Wildman–Crippen MR) is 81.6 cm³/mol. The van der Waals surface area contributed by atoms with Crippen molar-refractivity contribution in [1.82, 2.24) is 4.90 Å².